The zero-order valence-electron chi connectivity index (χ0n) is 13.0. The number of rotatable bonds is 7. The Morgan fingerprint density at radius 1 is 1.05 bits per heavy atom. The van der Waals surface area contributed by atoms with E-state index in [0.717, 1.165) is 5.75 Å². The largest absolute Gasteiger partial charge is 0.491 e. The molecule has 0 spiro atoms. The summed E-state index contributed by atoms with van der Waals surface area (Å²) in [6, 6.07) is 18.2. The lowest BCUT2D eigenvalue weighted by Gasteiger charge is -2.18. The van der Waals surface area contributed by atoms with E-state index in [1.165, 1.54) is 11.1 Å². The molecule has 4 heteroatoms. The maximum Gasteiger partial charge on any atom is 0.119 e. The Kier molecular flexibility index (Phi) is 7.96. The van der Waals surface area contributed by atoms with Crippen LogP contribution < -0.4 is 10.1 Å². The lowest BCUT2D eigenvalue weighted by atomic mass is 10.1. The van der Waals surface area contributed by atoms with Gasteiger partial charge in [-0.25, -0.2) is 0 Å². The van der Waals surface area contributed by atoms with Crippen LogP contribution in [-0.2, 0) is 0 Å². The molecule has 2 aromatic carbocycles. The molecule has 2 rings (SSSR count). The monoisotopic (exact) mass is 321 g/mol. The highest BCUT2D eigenvalue weighted by atomic mass is 35.5. The molecule has 2 unspecified atom stereocenters. The van der Waals surface area contributed by atoms with Gasteiger partial charge in [-0.15, -0.1) is 12.4 Å². The summed E-state index contributed by atoms with van der Waals surface area (Å²) in [6.07, 6.45) is -0.530. The van der Waals surface area contributed by atoms with E-state index < -0.39 is 6.10 Å². The average molecular weight is 322 g/mol. The number of aliphatic hydroxyl groups excluding tert-OH is 1. The molecule has 0 saturated heterocycles. The summed E-state index contributed by atoms with van der Waals surface area (Å²) >= 11 is 0. The minimum absolute atomic E-state index is 0. The van der Waals surface area contributed by atoms with Gasteiger partial charge in [-0.05, 0) is 31.5 Å². The fourth-order valence-corrected chi connectivity index (χ4v) is 2.06. The maximum absolute atomic E-state index is 9.97. The van der Waals surface area contributed by atoms with E-state index in [0.29, 0.717) is 6.54 Å². The van der Waals surface area contributed by atoms with Crippen LogP contribution in [0.1, 0.15) is 24.1 Å². The first kappa shape index (κ1) is 18.5. The van der Waals surface area contributed by atoms with Gasteiger partial charge in [0.05, 0.1) is 0 Å². The summed E-state index contributed by atoms with van der Waals surface area (Å²) in [5.74, 6) is 0.788. The minimum Gasteiger partial charge on any atom is -0.491 e. The van der Waals surface area contributed by atoms with Crippen LogP contribution in [0.5, 0.6) is 5.75 Å². The topological polar surface area (TPSA) is 41.5 Å². The number of nitrogens with one attached hydrogen (secondary N) is 1. The smallest absolute Gasteiger partial charge is 0.119 e. The first-order valence-electron chi connectivity index (χ1n) is 7.31. The van der Waals surface area contributed by atoms with Crippen molar-refractivity contribution in [2.24, 2.45) is 0 Å². The fourth-order valence-electron chi connectivity index (χ4n) is 2.06. The van der Waals surface area contributed by atoms with Gasteiger partial charge in [0.1, 0.15) is 18.5 Å². The van der Waals surface area contributed by atoms with Crippen molar-refractivity contribution < 1.29 is 9.84 Å². The lowest BCUT2D eigenvalue weighted by molar-refractivity contribution is 0.104. The molecule has 0 aromatic heterocycles. The first-order chi connectivity index (χ1) is 10.1. The summed E-state index contributed by atoms with van der Waals surface area (Å²) in [6.45, 7) is 4.91. The molecule has 0 aliphatic carbocycles. The second kappa shape index (κ2) is 9.46. The lowest BCUT2D eigenvalue weighted by Crippen LogP contribution is -2.33. The summed E-state index contributed by atoms with van der Waals surface area (Å²) < 4.78 is 5.57. The van der Waals surface area contributed by atoms with Gasteiger partial charge in [0.15, 0.2) is 0 Å². The van der Waals surface area contributed by atoms with Gasteiger partial charge in [0.2, 0.25) is 0 Å². The first-order valence-corrected chi connectivity index (χ1v) is 7.31. The number of aliphatic hydroxyl groups is 1. The Labute approximate surface area is 138 Å². The van der Waals surface area contributed by atoms with Crippen molar-refractivity contribution >= 4 is 12.4 Å². The van der Waals surface area contributed by atoms with Crippen LogP contribution in [-0.4, -0.2) is 24.4 Å². The SMILES string of the molecule is Cc1ccc(OCC(O)CNC(C)c2ccccc2)cc1.Cl. The zero-order valence-corrected chi connectivity index (χ0v) is 13.8. The minimum atomic E-state index is -0.530. The van der Waals surface area contributed by atoms with Crippen LogP contribution in [0, 0.1) is 6.92 Å². The Hall–Kier alpha value is -1.55. The van der Waals surface area contributed by atoms with Gasteiger partial charge < -0.3 is 15.2 Å². The van der Waals surface area contributed by atoms with Crippen LogP contribution in [0.25, 0.3) is 0 Å². The van der Waals surface area contributed by atoms with Crippen LogP contribution in [0.2, 0.25) is 0 Å². The molecule has 0 radical (unpaired) electrons. The van der Waals surface area contributed by atoms with E-state index >= 15 is 0 Å². The van der Waals surface area contributed by atoms with E-state index in [9.17, 15) is 5.11 Å². The normalized spacial score (nSPS) is 13.0. The number of hydrogen-bond donors (Lipinski definition) is 2. The Morgan fingerprint density at radius 2 is 1.68 bits per heavy atom. The van der Waals surface area contributed by atoms with E-state index in [4.69, 9.17) is 4.74 Å². The molecule has 22 heavy (non-hydrogen) atoms. The molecule has 0 aliphatic rings. The zero-order chi connectivity index (χ0) is 15.1. The second-order valence-electron chi connectivity index (χ2n) is 5.32. The van der Waals surface area contributed by atoms with Crippen LogP contribution in [0.3, 0.4) is 0 Å². The van der Waals surface area contributed by atoms with Crippen LogP contribution in [0.4, 0.5) is 0 Å². The molecular formula is C18H24ClNO2. The molecule has 2 aromatic rings. The molecule has 3 nitrogen and oxygen atoms in total. The molecule has 0 fully saturated rings. The molecule has 0 heterocycles. The fraction of sp³-hybridized carbons (Fsp3) is 0.333. The third kappa shape index (κ3) is 6.06. The molecule has 2 atom stereocenters. The highest BCUT2D eigenvalue weighted by Gasteiger charge is 2.09. The number of ether oxygens (including phenoxy) is 1. The van der Waals surface area contributed by atoms with Crippen molar-refractivity contribution in [2.45, 2.75) is 26.0 Å². The number of benzene rings is 2. The predicted molar refractivity (Wildman–Crippen MR) is 92.8 cm³/mol. The van der Waals surface area contributed by atoms with Crippen LogP contribution in [0.15, 0.2) is 54.6 Å². The summed E-state index contributed by atoms with van der Waals surface area (Å²) in [7, 11) is 0. The van der Waals surface area contributed by atoms with Gasteiger partial charge in [0.25, 0.3) is 0 Å². The quantitative estimate of drug-likeness (QED) is 0.820. The highest BCUT2D eigenvalue weighted by Crippen LogP contribution is 2.12. The molecule has 2 N–H and O–H groups in total. The van der Waals surface area contributed by atoms with Gasteiger partial charge in [-0.3, -0.25) is 0 Å². The van der Waals surface area contributed by atoms with Crippen molar-refractivity contribution in [3.8, 4) is 5.75 Å². The summed E-state index contributed by atoms with van der Waals surface area (Å²) in [5.41, 5.74) is 2.41. The third-order valence-electron chi connectivity index (χ3n) is 3.42. The predicted octanol–water partition coefficient (Wildman–Crippen LogP) is 3.51. The third-order valence-corrected chi connectivity index (χ3v) is 3.42. The number of halogens is 1. The maximum atomic E-state index is 9.97. The second-order valence-corrected chi connectivity index (χ2v) is 5.32. The molecule has 0 saturated carbocycles. The Bertz CT molecular complexity index is 531. The molecule has 120 valence electrons. The number of aryl methyl sites for hydroxylation is 1. The van der Waals surface area contributed by atoms with E-state index in [1.807, 2.05) is 49.4 Å². The van der Waals surface area contributed by atoms with E-state index in [-0.39, 0.29) is 25.1 Å². The highest BCUT2D eigenvalue weighted by molar-refractivity contribution is 5.85. The molecule has 0 amide bonds. The molecular weight excluding hydrogens is 298 g/mol. The van der Waals surface area contributed by atoms with Gasteiger partial charge in [-0.1, -0.05) is 48.0 Å². The van der Waals surface area contributed by atoms with Crippen molar-refractivity contribution in [1.29, 1.82) is 0 Å². The average Bonchev–Trinajstić information content (AvgIpc) is 2.53. The van der Waals surface area contributed by atoms with Gasteiger partial charge in [-0.2, -0.15) is 0 Å². The summed E-state index contributed by atoms with van der Waals surface area (Å²) in [4.78, 5) is 0. The molecule has 0 aliphatic heterocycles. The molecule has 0 bridgehead atoms. The van der Waals surface area contributed by atoms with E-state index in [2.05, 4.69) is 24.4 Å². The van der Waals surface area contributed by atoms with Crippen molar-refractivity contribution in [3.63, 3.8) is 0 Å². The standard InChI is InChI=1S/C18H23NO2.ClH/c1-14-8-10-18(11-9-14)21-13-17(20)12-19-15(2)16-6-4-3-5-7-16;/h3-11,15,17,19-20H,12-13H2,1-2H3;1H. The van der Waals surface area contributed by atoms with Gasteiger partial charge >= 0.3 is 0 Å². The van der Waals surface area contributed by atoms with Crippen molar-refractivity contribution in [3.05, 3.63) is 65.7 Å². The van der Waals surface area contributed by atoms with Crippen molar-refractivity contribution in [2.75, 3.05) is 13.2 Å². The summed E-state index contributed by atoms with van der Waals surface area (Å²) in [5, 5.41) is 13.3. The number of hydrogen-bond acceptors (Lipinski definition) is 3. The van der Waals surface area contributed by atoms with Crippen LogP contribution >= 0.6 is 12.4 Å². The Balaban J connectivity index is 0.00000242. The van der Waals surface area contributed by atoms with Crippen molar-refractivity contribution in [1.82, 2.24) is 5.32 Å². The Morgan fingerprint density at radius 3 is 2.32 bits per heavy atom. The van der Waals surface area contributed by atoms with E-state index in [1.54, 1.807) is 0 Å². The van der Waals surface area contributed by atoms with Gasteiger partial charge in [0, 0.05) is 12.6 Å².